The Labute approximate surface area is 244 Å². The van der Waals surface area contributed by atoms with Gasteiger partial charge in [-0.05, 0) is 64.4 Å². The molecule has 0 aliphatic carbocycles. The van der Waals surface area contributed by atoms with Crippen LogP contribution < -0.4 is 0 Å². The van der Waals surface area contributed by atoms with E-state index in [0.717, 1.165) is 54.9 Å². The number of fused-ring (bicyclic) bond motifs is 15. The topological polar surface area (TPSA) is 30.7 Å². The number of furan rings is 2. The van der Waals surface area contributed by atoms with Crippen LogP contribution in [0, 0.1) is 0 Å². The van der Waals surface area contributed by atoms with Gasteiger partial charge >= 0.3 is 0 Å². The van der Waals surface area contributed by atoms with Crippen LogP contribution in [0.3, 0.4) is 0 Å². The number of aromatic nitrogens is 1. The molecule has 0 atom stereocenters. The van der Waals surface area contributed by atoms with Crippen LogP contribution in [0.15, 0.2) is 136 Å². The Morgan fingerprint density at radius 3 is 1.51 bits per heavy atom. The Kier molecular flexibility index (Phi) is 3.83. The number of para-hydroxylation sites is 2. The largest absolute Gasteiger partial charge is 0.454 e. The summed E-state index contributed by atoms with van der Waals surface area (Å²) in [6, 6.07) is 45.7. The van der Waals surface area contributed by atoms with E-state index in [9.17, 15) is 0 Å². The minimum absolute atomic E-state index is 0.903. The average molecular weight is 548 g/mol. The molecule has 7 aromatic carbocycles. The maximum Gasteiger partial charge on any atom is 0.160 e. The third-order valence-corrected chi connectivity index (χ3v) is 9.49. The van der Waals surface area contributed by atoms with Crippen LogP contribution in [-0.4, -0.2) is 4.40 Å². The van der Waals surface area contributed by atoms with Crippen molar-refractivity contribution in [2.75, 3.05) is 0 Å². The SMILES string of the molecule is c1ccc2cc(-c3cc4c5ccc6c7ccccc7oc6c5n5c4c(c3)c3ccc4c6ccccc6oc4c35)ccc2c1. The van der Waals surface area contributed by atoms with Gasteiger partial charge in [-0.15, -0.1) is 0 Å². The summed E-state index contributed by atoms with van der Waals surface area (Å²) in [4.78, 5) is 0. The maximum absolute atomic E-state index is 6.66. The first-order valence-electron chi connectivity index (χ1n) is 14.7. The van der Waals surface area contributed by atoms with Gasteiger partial charge in [0.1, 0.15) is 11.2 Å². The monoisotopic (exact) mass is 547 g/mol. The maximum atomic E-state index is 6.66. The molecular weight excluding hydrogens is 526 g/mol. The molecule has 198 valence electrons. The van der Waals surface area contributed by atoms with E-state index in [1.807, 2.05) is 12.1 Å². The first-order valence-corrected chi connectivity index (χ1v) is 14.7. The van der Waals surface area contributed by atoms with E-state index in [4.69, 9.17) is 8.83 Å². The lowest BCUT2D eigenvalue weighted by Gasteiger charge is -2.06. The van der Waals surface area contributed by atoms with Gasteiger partial charge < -0.3 is 13.2 Å². The quantitative estimate of drug-likeness (QED) is 0.205. The zero-order valence-corrected chi connectivity index (χ0v) is 22.9. The molecule has 43 heavy (non-hydrogen) atoms. The van der Waals surface area contributed by atoms with Crippen molar-refractivity contribution in [3.8, 4) is 11.1 Å². The van der Waals surface area contributed by atoms with E-state index in [-0.39, 0.29) is 0 Å². The molecule has 0 N–H and O–H groups in total. The van der Waals surface area contributed by atoms with Gasteiger partial charge in [-0.25, -0.2) is 0 Å². The highest BCUT2D eigenvalue weighted by Gasteiger charge is 2.25. The molecule has 4 aromatic heterocycles. The van der Waals surface area contributed by atoms with Crippen molar-refractivity contribution in [2.24, 2.45) is 0 Å². The molecule has 0 radical (unpaired) electrons. The molecule has 0 spiro atoms. The van der Waals surface area contributed by atoms with E-state index in [2.05, 4.69) is 120 Å². The highest BCUT2D eigenvalue weighted by molar-refractivity contribution is 6.32. The lowest BCUT2D eigenvalue weighted by molar-refractivity contribution is 0.670. The van der Waals surface area contributed by atoms with Crippen molar-refractivity contribution in [1.82, 2.24) is 4.40 Å². The van der Waals surface area contributed by atoms with Crippen molar-refractivity contribution in [3.63, 3.8) is 0 Å². The van der Waals surface area contributed by atoms with Gasteiger partial charge in [0.25, 0.3) is 0 Å². The molecule has 11 rings (SSSR count). The second-order valence-corrected chi connectivity index (χ2v) is 11.7. The molecule has 4 heterocycles. The van der Waals surface area contributed by atoms with Crippen molar-refractivity contribution >= 4 is 92.7 Å². The summed E-state index contributed by atoms with van der Waals surface area (Å²) in [7, 11) is 0. The van der Waals surface area contributed by atoms with Crippen molar-refractivity contribution in [2.45, 2.75) is 0 Å². The van der Waals surface area contributed by atoms with E-state index in [1.54, 1.807) is 0 Å². The van der Waals surface area contributed by atoms with E-state index in [0.29, 0.717) is 0 Å². The Balaban J connectivity index is 1.39. The number of rotatable bonds is 1. The zero-order valence-electron chi connectivity index (χ0n) is 22.9. The molecule has 0 saturated carbocycles. The molecule has 0 saturated heterocycles. The standard InChI is InChI=1S/C40H21NO2/c1-2-8-23-19-24(14-13-22(23)7-1)25-20-32-28-15-17-30-26-9-3-5-11-34(26)42-39(30)37(28)41-36(32)33(21-25)29-16-18-31-27-10-4-6-12-35(27)43-40(31)38(29)41/h1-21H. The van der Waals surface area contributed by atoms with Crippen LogP contribution >= 0.6 is 0 Å². The predicted octanol–water partition coefficient (Wildman–Crippen LogP) is 11.5. The number of nitrogens with zero attached hydrogens (tertiary/aromatic N) is 1. The van der Waals surface area contributed by atoms with E-state index < -0.39 is 0 Å². The summed E-state index contributed by atoms with van der Waals surface area (Å²) in [5, 5.41) is 11.8. The minimum Gasteiger partial charge on any atom is -0.454 e. The fourth-order valence-electron chi connectivity index (χ4n) is 7.58. The first-order chi connectivity index (χ1) is 21.3. The van der Waals surface area contributed by atoms with Crippen molar-refractivity contribution < 1.29 is 8.83 Å². The second kappa shape index (κ2) is 7.53. The third kappa shape index (κ3) is 2.66. The first kappa shape index (κ1) is 21.9. The fourth-order valence-corrected chi connectivity index (χ4v) is 7.58. The van der Waals surface area contributed by atoms with Gasteiger partial charge in [0.15, 0.2) is 11.2 Å². The van der Waals surface area contributed by atoms with Crippen molar-refractivity contribution in [1.29, 1.82) is 0 Å². The smallest absolute Gasteiger partial charge is 0.160 e. The Hall–Kier alpha value is -5.80. The summed E-state index contributed by atoms with van der Waals surface area (Å²) in [6.45, 7) is 0. The van der Waals surface area contributed by atoms with Crippen LogP contribution in [0.1, 0.15) is 0 Å². The van der Waals surface area contributed by atoms with E-state index >= 15 is 0 Å². The summed E-state index contributed by atoms with van der Waals surface area (Å²) >= 11 is 0. The number of hydrogen-bond donors (Lipinski definition) is 0. The van der Waals surface area contributed by atoms with Crippen LogP contribution in [0.5, 0.6) is 0 Å². The van der Waals surface area contributed by atoms with Crippen LogP contribution in [0.2, 0.25) is 0 Å². The molecule has 3 nitrogen and oxygen atoms in total. The molecule has 0 aliphatic heterocycles. The summed E-state index contributed by atoms with van der Waals surface area (Å²) < 4.78 is 15.7. The van der Waals surface area contributed by atoms with E-state index in [1.165, 1.54) is 49.0 Å². The summed E-state index contributed by atoms with van der Waals surface area (Å²) in [5.41, 5.74) is 9.43. The minimum atomic E-state index is 0.903. The highest BCUT2D eigenvalue weighted by atomic mass is 16.3. The van der Waals surface area contributed by atoms with Crippen molar-refractivity contribution in [3.05, 3.63) is 127 Å². The van der Waals surface area contributed by atoms with Crippen LogP contribution in [0.25, 0.3) is 104 Å². The third-order valence-electron chi connectivity index (χ3n) is 9.49. The molecule has 0 unspecified atom stereocenters. The van der Waals surface area contributed by atoms with Crippen LogP contribution in [0.4, 0.5) is 0 Å². The Morgan fingerprint density at radius 2 is 0.884 bits per heavy atom. The highest BCUT2D eigenvalue weighted by Crippen LogP contribution is 2.47. The molecule has 0 bridgehead atoms. The molecule has 0 fully saturated rings. The Morgan fingerprint density at radius 1 is 0.349 bits per heavy atom. The predicted molar refractivity (Wildman–Crippen MR) is 179 cm³/mol. The normalized spacial score (nSPS) is 12.7. The lowest BCUT2D eigenvalue weighted by Crippen LogP contribution is -1.82. The van der Waals surface area contributed by atoms with Gasteiger partial charge in [0, 0.05) is 43.1 Å². The average Bonchev–Trinajstić information content (AvgIpc) is 3.80. The zero-order chi connectivity index (χ0) is 27.8. The van der Waals surface area contributed by atoms with Gasteiger partial charge in [-0.3, -0.25) is 0 Å². The second-order valence-electron chi connectivity index (χ2n) is 11.7. The number of hydrogen-bond acceptors (Lipinski definition) is 2. The van der Waals surface area contributed by atoms with Gasteiger partial charge in [0.2, 0.25) is 0 Å². The fraction of sp³-hybridized carbons (Fsp3) is 0. The number of benzene rings is 7. The summed E-state index contributed by atoms with van der Waals surface area (Å²) in [5.74, 6) is 0. The lowest BCUT2D eigenvalue weighted by atomic mass is 9.97. The molecule has 3 heteroatoms. The van der Waals surface area contributed by atoms with Gasteiger partial charge in [0.05, 0.1) is 16.6 Å². The van der Waals surface area contributed by atoms with Crippen LogP contribution in [-0.2, 0) is 0 Å². The molecule has 0 aliphatic rings. The van der Waals surface area contributed by atoms with Gasteiger partial charge in [-0.2, -0.15) is 0 Å². The van der Waals surface area contributed by atoms with Gasteiger partial charge in [-0.1, -0.05) is 84.9 Å². The molecular formula is C40H21NO2. The molecule has 0 amide bonds. The molecule has 11 aromatic rings. The summed E-state index contributed by atoms with van der Waals surface area (Å²) in [6.07, 6.45) is 0. The Bertz CT molecular complexity index is 2790.